The standard InChI is InChI=1S/C11H17NO2/c1-5-12-7-8(11(2,3)4)6-9(12)10(13)14/h6-7H,5H2,1-4H3,(H,13,14). The van der Waals surface area contributed by atoms with Gasteiger partial charge in [-0.1, -0.05) is 20.8 Å². The first-order valence-electron chi connectivity index (χ1n) is 4.80. The van der Waals surface area contributed by atoms with Crippen LogP contribution in [-0.4, -0.2) is 15.6 Å². The molecule has 0 aromatic carbocycles. The fourth-order valence-corrected chi connectivity index (χ4v) is 1.36. The molecule has 0 amide bonds. The summed E-state index contributed by atoms with van der Waals surface area (Å²) in [6.45, 7) is 8.87. The van der Waals surface area contributed by atoms with E-state index in [0.29, 0.717) is 12.2 Å². The maximum Gasteiger partial charge on any atom is 0.352 e. The van der Waals surface area contributed by atoms with Crippen molar-refractivity contribution in [3.05, 3.63) is 23.5 Å². The van der Waals surface area contributed by atoms with Gasteiger partial charge in [-0.25, -0.2) is 4.79 Å². The molecule has 1 rings (SSSR count). The Hall–Kier alpha value is -1.25. The molecule has 14 heavy (non-hydrogen) atoms. The second-order valence-corrected chi connectivity index (χ2v) is 4.46. The van der Waals surface area contributed by atoms with Crippen LogP contribution in [0.1, 0.15) is 43.7 Å². The van der Waals surface area contributed by atoms with Gasteiger partial charge in [0.2, 0.25) is 0 Å². The monoisotopic (exact) mass is 195 g/mol. The van der Waals surface area contributed by atoms with Gasteiger partial charge in [0, 0.05) is 12.7 Å². The zero-order chi connectivity index (χ0) is 10.9. The van der Waals surface area contributed by atoms with Crippen molar-refractivity contribution in [1.29, 1.82) is 0 Å². The zero-order valence-electron chi connectivity index (χ0n) is 9.16. The molecule has 3 nitrogen and oxygen atoms in total. The summed E-state index contributed by atoms with van der Waals surface area (Å²) in [5.41, 5.74) is 1.44. The normalized spacial score (nSPS) is 11.7. The quantitative estimate of drug-likeness (QED) is 0.787. The lowest BCUT2D eigenvalue weighted by molar-refractivity contribution is 0.0685. The lowest BCUT2D eigenvalue weighted by Crippen LogP contribution is -2.09. The number of carboxylic acid groups (broad SMARTS) is 1. The molecule has 1 heterocycles. The minimum absolute atomic E-state index is 0.00458. The molecule has 0 fully saturated rings. The first-order valence-corrected chi connectivity index (χ1v) is 4.80. The molecule has 0 saturated carbocycles. The van der Waals surface area contributed by atoms with Crippen LogP contribution in [0.4, 0.5) is 0 Å². The molecular formula is C11H17NO2. The van der Waals surface area contributed by atoms with E-state index in [1.165, 1.54) is 0 Å². The number of hydrogen-bond donors (Lipinski definition) is 1. The van der Waals surface area contributed by atoms with E-state index in [1.807, 2.05) is 13.1 Å². The third-order valence-electron chi connectivity index (χ3n) is 2.32. The lowest BCUT2D eigenvalue weighted by atomic mass is 9.89. The van der Waals surface area contributed by atoms with Gasteiger partial charge in [0.1, 0.15) is 5.69 Å². The van der Waals surface area contributed by atoms with Crippen molar-refractivity contribution >= 4 is 5.97 Å². The molecule has 0 radical (unpaired) electrons. The van der Waals surface area contributed by atoms with Crippen molar-refractivity contribution in [3.63, 3.8) is 0 Å². The molecule has 0 atom stereocenters. The molecular weight excluding hydrogens is 178 g/mol. The minimum atomic E-state index is -0.859. The Morgan fingerprint density at radius 1 is 1.50 bits per heavy atom. The molecule has 78 valence electrons. The Labute approximate surface area is 84.4 Å². The Bertz CT molecular complexity index is 345. The fraction of sp³-hybridized carbons (Fsp3) is 0.545. The highest BCUT2D eigenvalue weighted by Gasteiger charge is 2.19. The van der Waals surface area contributed by atoms with Crippen molar-refractivity contribution in [3.8, 4) is 0 Å². The third kappa shape index (κ3) is 1.97. The topological polar surface area (TPSA) is 42.2 Å². The molecule has 0 unspecified atom stereocenters. The molecule has 0 aliphatic rings. The van der Waals surface area contributed by atoms with Gasteiger partial charge in [-0.15, -0.1) is 0 Å². The summed E-state index contributed by atoms with van der Waals surface area (Å²) >= 11 is 0. The summed E-state index contributed by atoms with van der Waals surface area (Å²) in [6.07, 6.45) is 1.92. The highest BCUT2D eigenvalue weighted by Crippen LogP contribution is 2.24. The number of nitrogens with zero attached hydrogens (tertiary/aromatic N) is 1. The third-order valence-corrected chi connectivity index (χ3v) is 2.32. The van der Waals surface area contributed by atoms with Crippen LogP contribution in [-0.2, 0) is 12.0 Å². The molecule has 1 aromatic heterocycles. The Morgan fingerprint density at radius 2 is 2.07 bits per heavy atom. The number of aromatic carboxylic acids is 1. The van der Waals surface area contributed by atoms with Crippen molar-refractivity contribution in [2.75, 3.05) is 0 Å². The summed E-state index contributed by atoms with van der Waals surface area (Å²) in [4.78, 5) is 10.9. The molecule has 1 N–H and O–H groups in total. The van der Waals surface area contributed by atoms with Crippen LogP contribution in [0.25, 0.3) is 0 Å². The highest BCUT2D eigenvalue weighted by atomic mass is 16.4. The van der Waals surface area contributed by atoms with Crippen LogP contribution >= 0.6 is 0 Å². The predicted molar refractivity (Wildman–Crippen MR) is 55.8 cm³/mol. The van der Waals surface area contributed by atoms with E-state index in [0.717, 1.165) is 5.56 Å². The number of carboxylic acids is 1. The molecule has 0 aliphatic heterocycles. The Balaban J connectivity index is 3.20. The van der Waals surface area contributed by atoms with E-state index in [-0.39, 0.29) is 5.41 Å². The summed E-state index contributed by atoms with van der Waals surface area (Å²) < 4.78 is 1.77. The van der Waals surface area contributed by atoms with Gasteiger partial charge < -0.3 is 9.67 Å². The largest absolute Gasteiger partial charge is 0.477 e. The van der Waals surface area contributed by atoms with Gasteiger partial charge in [0.15, 0.2) is 0 Å². The second kappa shape index (κ2) is 3.48. The van der Waals surface area contributed by atoms with Crippen LogP contribution in [0.15, 0.2) is 12.3 Å². The number of aromatic nitrogens is 1. The van der Waals surface area contributed by atoms with Crippen LogP contribution < -0.4 is 0 Å². The van der Waals surface area contributed by atoms with E-state index < -0.39 is 5.97 Å². The average molecular weight is 195 g/mol. The smallest absolute Gasteiger partial charge is 0.352 e. The Kier molecular flexibility index (Phi) is 2.69. The van der Waals surface area contributed by atoms with Crippen molar-refractivity contribution in [1.82, 2.24) is 4.57 Å². The number of aryl methyl sites for hydroxylation is 1. The lowest BCUT2D eigenvalue weighted by Gasteiger charge is -2.15. The summed E-state index contributed by atoms with van der Waals surface area (Å²) in [5.74, 6) is -0.859. The van der Waals surface area contributed by atoms with E-state index >= 15 is 0 Å². The van der Waals surface area contributed by atoms with E-state index in [2.05, 4.69) is 20.8 Å². The SMILES string of the molecule is CCn1cc(C(C)(C)C)cc1C(=O)O. The van der Waals surface area contributed by atoms with E-state index in [9.17, 15) is 4.79 Å². The number of hydrogen-bond acceptors (Lipinski definition) is 1. The maximum atomic E-state index is 10.9. The maximum absolute atomic E-state index is 10.9. The highest BCUT2D eigenvalue weighted by molar-refractivity contribution is 5.86. The van der Waals surface area contributed by atoms with Crippen molar-refractivity contribution in [2.45, 2.75) is 39.7 Å². The van der Waals surface area contributed by atoms with Crippen LogP contribution in [0.3, 0.4) is 0 Å². The molecule has 3 heteroatoms. The second-order valence-electron chi connectivity index (χ2n) is 4.46. The fourth-order valence-electron chi connectivity index (χ4n) is 1.36. The summed E-state index contributed by atoms with van der Waals surface area (Å²) in [6, 6.07) is 1.76. The first kappa shape index (κ1) is 10.8. The van der Waals surface area contributed by atoms with Crippen LogP contribution in [0, 0.1) is 0 Å². The Morgan fingerprint density at radius 3 is 2.36 bits per heavy atom. The zero-order valence-corrected chi connectivity index (χ0v) is 9.16. The van der Waals surface area contributed by atoms with E-state index in [4.69, 9.17) is 5.11 Å². The predicted octanol–water partition coefficient (Wildman–Crippen LogP) is 2.50. The van der Waals surface area contributed by atoms with Crippen LogP contribution in [0.2, 0.25) is 0 Å². The summed E-state index contributed by atoms with van der Waals surface area (Å²) in [5, 5.41) is 8.95. The van der Waals surface area contributed by atoms with Gasteiger partial charge >= 0.3 is 5.97 Å². The van der Waals surface area contributed by atoms with Gasteiger partial charge in [0.25, 0.3) is 0 Å². The number of carbonyl (C=O) groups is 1. The van der Waals surface area contributed by atoms with Gasteiger partial charge in [-0.05, 0) is 24.0 Å². The first-order chi connectivity index (χ1) is 6.36. The molecule has 0 spiro atoms. The van der Waals surface area contributed by atoms with Gasteiger partial charge in [-0.2, -0.15) is 0 Å². The number of rotatable bonds is 2. The molecule has 0 bridgehead atoms. The molecule has 0 aliphatic carbocycles. The van der Waals surface area contributed by atoms with E-state index in [1.54, 1.807) is 10.6 Å². The molecule has 0 saturated heterocycles. The van der Waals surface area contributed by atoms with Gasteiger partial charge in [-0.3, -0.25) is 0 Å². The van der Waals surface area contributed by atoms with Crippen LogP contribution in [0.5, 0.6) is 0 Å². The van der Waals surface area contributed by atoms with Crippen molar-refractivity contribution in [2.24, 2.45) is 0 Å². The average Bonchev–Trinajstić information content (AvgIpc) is 2.45. The van der Waals surface area contributed by atoms with Gasteiger partial charge in [0.05, 0.1) is 0 Å². The summed E-state index contributed by atoms with van der Waals surface area (Å²) in [7, 11) is 0. The van der Waals surface area contributed by atoms with Crippen molar-refractivity contribution < 1.29 is 9.90 Å². The minimum Gasteiger partial charge on any atom is -0.477 e. The molecule has 1 aromatic rings.